The van der Waals surface area contributed by atoms with Crippen molar-refractivity contribution in [1.82, 2.24) is 20.4 Å². The van der Waals surface area contributed by atoms with E-state index in [9.17, 15) is 4.79 Å². The van der Waals surface area contributed by atoms with Gasteiger partial charge in [0.05, 0.1) is 16.5 Å². The van der Waals surface area contributed by atoms with Gasteiger partial charge in [-0.3, -0.25) is 4.90 Å². The average Bonchev–Trinajstić information content (AvgIpc) is 3.48. The molecular weight excluding hydrogens is 408 g/mol. The average molecular weight is 437 g/mol. The van der Waals surface area contributed by atoms with Gasteiger partial charge in [-0.2, -0.15) is 4.98 Å². The van der Waals surface area contributed by atoms with Crippen molar-refractivity contribution < 1.29 is 9.32 Å². The fraction of sp³-hybridized carbons (Fsp3) is 0.375. The molecular formula is C24H28N4O2S. The van der Waals surface area contributed by atoms with Gasteiger partial charge in [0.25, 0.3) is 5.89 Å². The fourth-order valence-electron chi connectivity index (χ4n) is 3.88. The molecule has 0 fully saturated rings. The van der Waals surface area contributed by atoms with Gasteiger partial charge in [-0.05, 0) is 42.3 Å². The number of benzene rings is 1. The molecule has 1 aromatic carbocycles. The molecule has 1 unspecified atom stereocenters. The third-order valence-corrected chi connectivity index (χ3v) is 6.57. The summed E-state index contributed by atoms with van der Waals surface area (Å²) in [7, 11) is 0. The van der Waals surface area contributed by atoms with Gasteiger partial charge in [-0.1, -0.05) is 62.2 Å². The van der Waals surface area contributed by atoms with E-state index in [2.05, 4.69) is 53.6 Å². The number of allylic oxidation sites excluding steroid dienone is 1. The molecule has 1 N–H and O–H groups in total. The van der Waals surface area contributed by atoms with Crippen LogP contribution in [0.25, 0.3) is 16.3 Å². The lowest BCUT2D eigenvalue weighted by atomic mass is 9.93. The number of urea groups is 1. The Morgan fingerprint density at radius 2 is 1.97 bits per heavy atom. The van der Waals surface area contributed by atoms with Gasteiger partial charge >= 0.3 is 6.03 Å². The fourth-order valence-corrected chi connectivity index (χ4v) is 4.53. The highest BCUT2D eigenvalue weighted by molar-refractivity contribution is 7.13. The molecule has 7 heteroatoms. The lowest BCUT2D eigenvalue weighted by molar-refractivity contribution is 0.204. The van der Waals surface area contributed by atoms with Crippen LogP contribution in [0.1, 0.15) is 63.1 Å². The normalized spacial score (nSPS) is 16.7. The van der Waals surface area contributed by atoms with Crippen LogP contribution in [-0.2, 0) is 6.42 Å². The third-order valence-electron chi connectivity index (χ3n) is 5.70. The summed E-state index contributed by atoms with van der Waals surface area (Å²) in [6.07, 6.45) is 4.11. The van der Waals surface area contributed by atoms with Crippen molar-refractivity contribution in [3.8, 4) is 10.7 Å². The number of amides is 2. The first-order valence-corrected chi connectivity index (χ1v) is 11.8. The van der Waals surface area contributed by atoms with Crippen LogP contribution in [0, 0.1) is 0 Å². The molecule has 0 radical (unpaired) electrons. The van der Waals surface area contributed by atoms with Gasteiger partial charge in [-0.15, -0.1) is 11.3 Å². The third kappa shape index (κ3) is 4.42. The lowest BCUT2D eigenvalue weighted by Crippen LogP contribution is -2.46. The van der Waals surface area contributed by atoms with Crippen LogP contribution in [0.4, 0.5) is 4.79 Å². The van der Waals surface area contributed by atoms with Gasteiger partial charge in [0, 0.05) is 12.2 Å². The molecule has 1 aliphatic heterocycles. The molecule has 1 atom stereocenters. The van der Waals surface area contributed by atoms with Crippen LogP contribution in [0.3, 0.4) is 0 Å². The summed E-state index contributed by atoms with van der Waals surface area (Å²) in [5, 5.41) is 9.37. The second-order valence-corrected chi connectivity index (χ2v) is 8.68. The highest BCUT2D eigenvalue weighted by Crippen LogP contribution is 2.37. The molecule has 3 heterocycles. The van der Waals surface area contributed by atoms with Crippen molar-refractivity contribution in [3.05, 3.63) is 64.5 Å². The highest BCUT2D eigenvalue weighted by Gasteiger charge is 2.35. The van der Waals surface area contributed by atoms with E-state index >= 15 is 0 Å². The molecule has 31 heavy (non-hydrogen) atoms. The second kappa shape index (κ2) is 9.47. The van der Waals surface area contributed by atoms with Gasteiger partial charge in [0.1, 0.15) is 0 Å². The number of carbonyl (C=O) groups is 1. The number of unbranched alkanes of at least 4 members (excludes halogenated alkanes) is 2. The maximum absolute atomic E-state index is 13.0. The molecule has 2 amide bonds. The maximum Gasteiger partial charge on any atom is 0.322 e. The molecule has 1 aliphatic rings. The van der Waals surface area contributed by atoms with Gasteiger partial charge in [-0.25, -0.2) is 4.79 Å². The summed E-state index contributed by atoms with van der Waals surface area (Å²) in [4.78, 5) is 20.4. The predicted octanol–water partition coefficient (Wildman–Crippen LogP) is 6.05. The van der Waals surface area contributed by atoms with Crippen LogP contribution in [0.2, 0.25) is 0 Å². The van der Waals surface area contributed by atoms with E-state index in [4.69, 9.17) is 4.52 Å². The summed E-state index contributed by atoms with van der Waals surface area (Å²) in [5.74, 6) is 1.02. The Morgan fingerprint density at radius 3 is 2.65 bits per heavy atom. The Bertz CT molecular complexity index is 1050. The van der Waals surface area contributed by atoms with Crippen LogP contribution < -0.4 is 5.32 Å². The number of rotatable bonds is 8. The van der Waals surface area contributed by atoms with E-state index in [1.165, 1.54) is 5.56 Å². The molecule has 0 saturated heterocycles. The first-order valence-electron chi connectivity index (χ1n) is 10.9. The first-order chi connectivity index (χ1) is 15.1. The molecule has 0 spiro atoms. The van der Waals surface area contributed by atoms with E-state index in [1.54, 1.807) is 16.2 Å². The van der Waals surface area contributed by atoms with Crippen molar-refractivity contribution in [1.29, 1.82) is 0 Å². The zero-order valence-electron chi connectivity index (χ0n) is 18.2. The summed E-state index contributed by atoms with van der Waals surface area (Å²) in [5.41, 5.74) is 3.98. The maximum atomic E-state index is 13.0. The van der Waals surface area contributed by atoms with Crippen molar-refractivity contribution in [2.45, 2.75) is 52.5 Å². The summed E-state index contributed by atoms with van der Waals surface area (Å²) < 4.78 is 5.71. The minimum absolute atomic E-state index is 0.0834. The number of carbonyl (C=O) groups excluding carboxylic acids is 1. The Hall–Kier alpha value is -2.93. The Labute approximate surface area is 187 Å². The molecule has 0 saturated carbocycles. The first kappa shape index (κ1) is 21.3. The number of thiophene rings is 1. The number of hydrogen-bond donors (Lipinski definition) is 1. The monoisotopic (exact) mass is 436 g/mol. The molecule has 0 bridgehead atoms. The molecule has 3 aromatic rings. The zero-order chi connectivity index (χ0) is 21.8. The van der Waals surface area contributed by atoms with Crippen LogP contribution in [0.5, 0.6) is 0 Å². The van der Waals surface area contributed by atoms with Gasteiger partial charge in [0.2, 0.25) is 5.82 Å². The Balaban J connectivity index is 1.75. The number of nitrogens with one attached hydrogen (secondary N) is 1. The van der Waals surface area contributed by atoms with E-state index in [0.29, 0.717) is 18.3 Å². The SMILES string of the molecule is CCCCCN1C(=O)NC(c2ccc(CC)cc2)C(c2nc(-c3cccs3)no2)=C1C. The predicted molar refractivity (Wildman–Crippen MR) is 124 cm³/mol. The Morgan fingerprint density at radius 1 is 1.16 bits per heavy atom. The molecule has 0 aliphatic carbocycles. The van der Waals surface area contributed by atoms with E-state index in [0.717, 1.165) is 47.4 Å². The number of aromatic nitrogens is 2. The summed E-state index contributed by atoms with van der Waals surface area (Å²) in [6, 6.07) is 11.9. The van der Waals surface area contributed by atoms with Crippen LogP contribution in [-0.4, -0.2) is 27.6 Å². The summed E-state index contributed by atoms with van der Waals surface area (Å²) >= 11 is 1.57. The Kier molecular flexibility index (Phi) is 6.51. The minimum Gasteiger partial charge on any atom is -0.334 e. The van der Waals surface area contributed by atoms with Crippen molar-refractivity contribution in [2.75, 3.05) is 6.54 Å². The number of hydrogen-bond acceptors (Lipinski definition) is 5. The van der Waals surface area contributed by atoms with Crippen molar-refractivity contribution >= 4 is 22.9 Å². The van der Waals surface area contributed by atoms with Crippen LogP contribution >= 0.6 is 11.3 Å². The topological polar surface area (TPSA) is 71.3 Å². The van der Waals surface area contributed by atoms with E-state index < -0.39 is 0 Å². The standard InChI is InChI=1S/C24H28N4O2S/c1-4-6-7-14-28-16(3)20(23-26-22(27-30-23)19-9-8-15-31-19)21(25-24(28)29)18-12-10-17(5-2)11-13-18/h8-13,15,21H,4-7,14H2,1-3H3,(H,25,29). The van der Waals surface area contributed by atoms with Gasteiger partial charge in [0.15, 0.2) is 0 Å². The molecule has 4 rings (SSSR count). The molecule has 2 aromatic heterocycles. The quantitative estimate of drug-likeness (QED) is 0.437. The largest absolute Gasteiger partial charge is 0.334 e. The number of aryl methyl sites for hydroxylation is 1. The number of nitrogens with zero attached hydrogens (tertiary/aromatic N) is 3. The second-order valence-electron chi connectivity index (χ2n) is 7.74. The van der Waals surface area contributed by atoms with Crippen molar-refractivity contribution in [3.63, 3.8) is 0 Å². The highest BCUT2D eigenvalue weighted by atomic mass is 32.1. The lowest BCUT2D eigenvalue weighted by Gasteiger charge is -2.35. The minimum atomic E-state index is -0.336. The van der Waals surface area contributed by atoms with Gasteiger partial charge < -0.3 is 9.84 Å². The summed E-state index contributed by atoms with van der Waals surface area (Å²) in [6.45, 7) is 6.93. The van der Waals surface area contributed by atoms with E-state index in [1.807, 2.05) is 24.4 Å². The van der Waals surface area contributed by atoms with Crippen molar-refractivity contribution in [2.24, 2.45) is 0 Å². The van der Waals surface area contributed by atoms with Crippen LogP contribution in [0.15, 0.2) is 52.0 Å². The molecule has 162 valence electrons. The van der Waals surface area contributed by atoms with E-state index in [-0.39, 0.29) is 12.1 Å². The zero-order valence-corrected chi connectivity index (χ0v) is 19.0. The smallest absolute Gasteiger partial charge is 0.322 e. The molecule has 6 nitrogen and oxygen atoms in total.